The van der Waals surface area contributed by atoms with E-state index in [1.807, 2.05) is 18.4 Å². The van der Waals surface area contributed by atoms with Crippen molar-refractivity contribution in [3.8, 4) is 0 Å². The fourth-order valence-electron chi connectivity index (χ4n) is 1.53. The van der Waals surface area contributed by atoms with E-state index in [1.165, 1.54) is 4.88 Å². The summed E-state index contributed by atoms with van der Waals surface area (Å²) in [6.45, 7) is 5.49. The largest absolute Gasteiger partial charge is 0.357 e. The van der Waals surface area contributed by atoms with E-state index in [4.69, 9.17) is 0 Å². The minimum absolute atomic E-state index is 0.163. The molecule has 0 radical (unpaired) electrons. The van der Waals surface area contributed by atoms with E-state index in [9.17, 15) is 8.42 Å². The van der Waals surface area contributed by atoms with Crippen molar-refractivity contribution >= 4 is 27.3 Å². The van der Waals surface area contributed by atoms with Crippen molar-refractivity contribution in [3.05, 3.63) is 22.4 Å². The SMILES string of the molecule is CCNC(=NCCNS(C)(=O)=O)NC(C)c1cccs1. The first-order valence-electron chi connectivity index (χ1n) is 6.45. The minimum Gasteiger partial charge on any atom is -0.357 e. The van der Waals surface area contributed by atoms with E-state index in [2.05, 4.69) is 33.3 Å². The lowest BCUT2D eigenvalue weighted by atomic mass is 10.3. The third-order valence-corrected chi connectivity index (χ3v) is 4.20. The number of thiophene rings is 1. The van der Waals surface area contributed by atoms with Gasteiger partial charge < -0.3 is 10.6 Å². The van der Waals surface area contributed by atoms with Gasteiger partial charge in [-0.1, -0.05) is 6.07 Å². The Kier molecular flexibility index (Phi) is 6.97. The van der Waals surface area contributed by atoms with Crippen LogP contribution < -0.4 is 15.4 Å². The molecule has 0 saturated carbocycles. The lowest BCUT2D eigenvalue weighted by Crippen LogP contribution is -2.39. The van der Waals surface area contributed by atoms with Gasteiger partial charge in [-0.3, -0.25) is 4.99 Å². The summed E-state index contributed by atoms with van der Waals surface area (Å²) in [6, 6.07) is 4.24. The van der Waals surface area contributed by atoms with Gasteiger partial charge in [-0.05, 0) is 25.3 Å². The number of nitrogens with one attached hydrogen (secondary N) is 3. The second-order valence-corrected chi connectivity index (χ2v) is 7.12. The Bertz CT molecular complexity index is 512. The highest BCUT2D eigenvalue weighted by molar-refractivity contribution is 7.88. The van der Waals surface area contributed by atoms with Crippen LogP contribution >= 0.6 is 11.3 Å². The highest BCUT2D eigenvalue weighted by atomic mass is 32.2. The second kappa shape index (κ2) is 8.23. The van der Waals surface area contributed by atoms with Crippen LogP contribution in [0.15, 0.2) is 22.5 Å². The van der Waals surface area contributed by atoms with E-state index in [0.717, 1.165) is 12.8 Å². The Hall–Kier alpha value is -1.12. The summed E-state index contributed by atoms with van der Waals surface area (Å²) in [6.07, 6.45) is 1.14. The Labute approximate surface area is 124 Å². The maximum Gasteiger partial charge on any atom is 0.208 e. The monoisotopic (exact) mass is 318 g/mol. The number of hydrogen-bond acceptors (Lipinski definition) is 4. The Morgan fingerprint density at radius 2 is 2.25 bits per heavy atom. The normalized spacial score (nSPS) is 14.1. The van der Waals surface area contributed by atoms with Gasteiger partial charge in [-0.2, -0.15) is 0 Å². The molecule has 1 unspecified atom stereocenters. The lowest BCUT2D eigenvalue weighted by molar-refractivity contribution is 0.588. The summed E-state index contributed by atoms with van der Waals surface area (Å²) in [5.41, 5.74) is 0. The van der Waals surface area contributed by atoms with Crippen molar-refractivity contribution in [2.45, 2.75) is 19.9 Å². The van der Waals surface area contributed by atoms with Crippen LogP contribution in [0.1, 0.15) is 24.8 Å². The highest BCUT2D eigenvalue weighted by Gasteiger charge is 2.08. The van der Waals surface area contributed by atoms with Gasteiger partial charge in [-0.25, -0.2) is 13.1 Å². The first kappa shape index (κ1) is 16.9. The molecule has 3 N–H and O–H groups in total. The lowest BCUT2D eigenvalue weighted by Gasteiger charge is -2.16. The van der Waals surface area contributed by atoms with Crippen LogP contribution in [0.3, 0.4) is 0 Å². The second-order valence-electron chi connectivity index (χ2n) is 4.31. The van der Waals surface area contributed by atoms with Crippen LogP contribution in [0.4, 0.5) is 0 Å². The number of guanidine groups is 1. The van der Waals surface area contributed by atoms with E-state index < -0.39 is 10.0 Å². The standard InChI is InChI=1S/C12H22N4O2S2/c1-4-13-12(14-7-8-15-20(3,17)18)16-10(2)11-6-5-9-19-11/h5-6,9-10,15H,4,7-8H2,1-3H3,(H2,13,14,16). The Morgan fingerprint density at radius 3 is 2.80 bits per heavy atom. The zero-order chi connectivity index (χ0) is 15.0. The molecule has 1 heterocycles. The van der Waals surface area contributed by atoms with Crippen LogP contribution in [-0.4, -0.2) is 40.3 Å². The molecule has 114 valence electrons. The van der Waals surface area contributed by atoms with Crippen molar-refractivity contribution in [3.63, 3.8) is 0 Å². The Balaban J connectivity index is 2.50. The summed E-state index contributed by atoms with van der Waals surface area (Å²) in [7, 11) is -3.15. The number of sulfonamides is 1. The van der Waals surface area contributed by atoms with Gasteiger partial charge in [0.2, 0.25) is 10.0 Å². The maximum absolute atomic E-state index is 10.9. The van der Waals surface area contributed by atoms with E-state index in [-0.39, 0.29) is 6.04 Å². The van der Waals surface area contributed by atoms with Gasteiger partial charge in [0.15, 0.2) is 5.96 Å². The van der Waals surface area contributed by atoms with E-state index in [0.29, 0.717) is 19.0 Å². The van der Waals surface area contributed by atoms with Crippen LogP contribution in [0, 0.1) is 0 Å². The molecule has 0 fully saturated rings. The van der Waals surface area contributed by atoms with Crippen molar-refractivity contribution in [1.82, 2.24) is 15.4 Å². The van der Waals surface area contributed by atoms with Gasteiger partial charge in [-0.15, -0.1) is 11.3 Å². The number of hydrogen-bond donors (Lipinski definition) is 3. The smallest absolute Gasteiger partial charge is 0.208 e. The molecule has 8 heteroatoms. The van der Waals surface area contributed by atoms with Crippen LogP contribution in [0.25, 0.3) is 0 Å². The van der Waals surface area contributed by atoms with Crippen molar-refractivity contribution in [1.29, 1.82) is 0 Å². The molecule has 0 spiro atoms. The number of rotatable bonds is 7. The van der Waals surface area contributed by atoms with Gasteiger partial charge in [0, 0.05) is 18.0 Å². The van der Waals surface area contributed by atoms with E-state index in [1.54, 1.807) is 11.3 Å². The highest BCUT2D eigenvalue weighted by Crippen LogP contribution is 2.17. The quantitative estimate of drug-likeness (QED) is 0.396. The molecule has 0 aliphatic carbocycles. The molecule has 0 amide bonds. The summed E-state index contributed by atoms with van der Waals surface area (Å²) < 4.78 is 24.3. The van der Waals surface area contributed by atoms with Gasteiger partial charge >= 0.3 is 0 Å². The third-order valence-electron chi connectivity index (χ3n) is 2.41. The summed E-state index contributed by atoms with van der Waals surface area (Å²) in [5.74, 6) is 0.684. The minimum atomic E-state index is -3.15. The molecule has 0 saturated heterocycles. The van der Waals surface area contributed by atoms with Crippen LogP contribution in [-0.2, 0) is 10.0 Å². The van der Waals surface area contributed by atoms with Crippen LogP contribution in [0.5, 0.6) is 0 Å². The van der Waals surface area contributed by atoms with Gasteiger partial charge in [0.1, 0.15) is 0 Å². The molecule has 0 bridgehead atoms. The van der Waals surface area contributed by atoms with E-state index >= 15 is 0 Å². The fraction of sp³-hybridized carbons (Fsp3) is 0.583. The average molecular weight is 318 g/mol. The molecule has 1 aromatic heterocycles. The molecule has 0 aliphatic rings. The zero-order valence-corrected chi connectivity index (χ0v) is 13.6. The molecule has 1 rings (SSSR count). The predicted octanol–water partition coefficient (Wildman–Crippen LogP) is 0.913. The average Bonchev–Trinajstić information content (AvgIpc) is 2.87. The van der Waals surface area contributed by atoms with Crippen molar-refractivity contribution < 1.29 is 8.42 Å². The summed E-state index contributed by atoms with van der Waals surface area (Å²) >= 11 is 1.69. The van der Waals surface area contributed by atoms with Crippen molar-refractivity contribution in [2.24, 2.45) is 4.99 Å². The number of aliphatic imine (C=N–C) groups is 1. The molecular formula is C12H22N4O2S2. The fourth-order valence-corrected chi connectivity index (χ4v) is 2.73. The summed E-state index contributed by atoms with van der Waals surface area (Å²) in [4.78, 5) is 5.57. The van der Waals surface area contributed by atoms with Gasteiger partial charge in [0.05, 0.1) is 18.8 Å². The first-order valence-corrected chi connectivity index (χ1v) is 9.22. The molecule has 6 nitrogen and oxygen atoms in total. The van der Waals surface area contributed by atoms with Crippen LogP contribution in [0.2, 0.25) is 0 Å². The topological polar surface area (TPSA) is 82.6 Å². The summed E-state index contributed by atoms with van der Waals surface area (Å²) in [5, 5.41) is 8.46. The molecule has 20 heavy (non-hydrogen) atoms. The van der Waals surface area contributed by atoms with Crippen molar-refractivity contribution in [2.75, 3.05) is 25.9 Å². The molecular weight excluding hydrogens is 296 g/mol. The predicted molar refractivity (Wildman–Crippen MR) is 84.7 cm³/mol. The zero-order valence-electron chi connectivity index (χ0n) is 12.0. The third kappa shape index (κ3) is 6.88. The Morgan fingerprint density at radius 1 is 1.50 bits per heavy atom. The number of nitrogens with zero attached hydrogens (tertiary/aromatic N) is 1. The molecule has 1 aromatic rings. The maximum atomic E-state index is 10.9. The van der Waals surface area contributed by atoms with Gasteiger partial charge in [0.25, 0.3) is 0 Å². The first-order chi connectivity index (χ1) is 9.42. The molecule has 0 aromatic carbocycles. The molecule has 0 aliphatic heterocycles. The molecule has 1 atom stereocenters.